The Kier molecular flexibility index (Phi) is 13.0. The second-order valence-electron chi connectivity index (χ2n) is 11.7. The average Bonchev–Trinajstić information content (AvgIpc) is 3.30. The largest absolute Gasteiger partial charge is 0.467 e. The van der Waals surface area contributed by atoms with Crippen molar-refractivity contribution in [1.82, 2.24) is 10.2 Å². The van der Waals surface area contributed by atoms with E-state index < -0.39 is 41.4 Å². The number of carbonyl (C=O) groups is 4. The van der Waals surface area contributed by atoms with Gasteiger partial charge in [0.2, 0.25) is 5.91 Å². The minimum atomic E-state index is -0.865. The van der Waals surface area contributed by atoms with Gasteiger partial charge in [-0.3, -0.25) is 9.59 Å². The van der Waals surface area contributed by atoms with Crippen LogP contribution in [-0.4, -0.2) is 67.3 Å². The minimum absolute atomic E-state index is 0.0965. The Morgan fingerprint density at radius 2 is 1.79 bits per heavy atom. The molecule has 2 amide bonds. The highest BCUT2D eigenvalue weighted by Crippen LogP contribution is 2.34. The van der Waals surface area contributed by atoms with Crippen molar-refractivity contribution in [3.63, 3.8) is 0 Å². The Morgan fingerprint density at radius 3 is 2.44 bits per heavy atom. The van der Waals surface area contributed by atoms with E-state index in [-0.39, 0.29) is 43.9 Å². The molecule has 9 heteroatoms. The van der Waals surface area contributed by atoms with Gasteiger partial charge in [-0.05, 0) is 56.3 Å². The summed E-state index contributed by atoms with van der Waals surface area (Å²) in [6.07, 6.45) is 10.2. The molecule has 1 N–H and O–H groups in total. The third-order valence-electron chi connectivity index (χ3n) is 7.73. The zero-order valence-electron chi connectivity index (χ0n) is 24.2. The molecule has 220 valence electrons. The number of methoxy groups -OCH3 is 1. The number of allylic oxidation sites excluding steroid dienone is 2. The summed E-state index contributed by atoms with van der Waals surface area (Å²) in [7, 11) is 1.27. The van der Waals surface area contributed by atoms with Gasteiger partial charge in [0.25, 0.3) is 0 Å². The predicted octanol–water partition coefficient (Wildman–Crippen LogP) is 4.94. The van der Waals surface area contributed by atoms with Crippen LogP contribution in [0.3, 0.4) is 0 Å². The lowest BCUT2D eigenvalue weighted by Gasteiger charge is -2.34. The molecule has 2 fully saturated rings. The number of likely N-dealkylation sites (tertiary alicyclic amines) is 1. The van der Waals surface area contributed by atoms with Crippen molar-refractivity contribution in [2.45, 2.75) is 103 Å². The molecule has 1 saturated heterocycles. The van der Waals surface area contributed by atoms with E-state index in [1.54, 1.807) is 0 Å². The Balaban J connectivity index is 2.06. The predicted molar refractivity (Wildman–Crippen MR) is 149 cm³/mol. The van der Waals surface area contributed by atoms with Crippen molar-refractivity contribution in [1.29, 1.82) is 0 Å². The summed E-state index contributed by atoms with van der Waals surface area (Å²) in [5.74, 6) is -1.80. The fourth-order valence-electron chi connectivity index (χ4n) is 5.46. The number of rotatable bonds is 13. The smallest absolute Gasteiger partial charge is 0.407 e. The number of carbonyl (C=O) groups excluding carboxylic acids is 4. The SMILES string of the molecule is C=CCCCCOC(=O)C[C@H](C(=O)N1C[C@H](NC(=O)OC2CCCCC2CC=C)C[C@H]1C(=O)OC)C(C)(C)C. The van der Waals surface area contributed by atoms with Gasteiger partial charge in [0, 0.05) is 13.0 Å². The summed E-state index contributed by atoms with van der Waals surface area (Å²) in [5, 5.41) is 2.86. The number of ether oxygens (including phenoxy) is 3. The highest BCUT2D eigenvalue weighted by Gasteiger charge is 2.46. The van der Waals surface area contributed by atoms with Crippen molar-refractivity contribution in [2.75, 3.05) is 20.3 Å². The van der Waals surface area contributed by atoms with Crippen LogP contribution in [0.4, 0.5) is 4.79 Å². The van der Waals surface area contributed by atoms with E-state index in [4.69, 9.17) is 14.2 Å². The average molecular weight is 549 g/mol. The maximum absolute atomic E-state index is 13.8. The van der Waals surface area contributed by atoms with Crippen LogP contribution in [-0.2, 0) is 28.6 Å². The van der Waals surface area contributed by atoms with Crippen LogP contribution in [0.1, 0.15) is 85.0 Å². The molecule has 2 unspecified atom stereocenters. The van der Waals surface area contributed by atoms with Crippen molar-refractivity contribution >= 4 is 23.9 Å². The summed E-state index contributed by atoms with van der Waals surface area (Å²) < 4.78 is 16.1. The molecule has 0 aromatic carbocycles. The Morgan fingerprint density at radius 1 is 1.08 bits per heavy atom. The fraction of sp³-hybridized carbons (Fsp3) is 0.733. The van der Waals surface area contributed by atoms with Gasteiger partial charge in [-0.2, -0.15) is 0 Å². The molecule has 2 aliphatic rings. The van der Waals surface area contributed by atoms with E-state index >= 15 is 0 Å². The molecule has 0 radical (unpaired) electrons. The van der Waals surface area contributed by atoms with Gasteiger partial charge in [-0.25, -0.2) is 9.59 Å². The van der Waals surface area contributed by atoms with E-state index in [1.165, 1.54) is 12.0 Å². The van der Waals surface area contributed by atoms with Gasteiger partial charge in [0.05, 0.1) is 32.1 Å². The maximum Gasteiger partial charge on any atom is 0.407 e. The third-order valence-corrected chi connectivity index (χ3v) is 7.73. The van der Waals surface area contributed by atoms with Crippen molar-refractivity contribution in [3.8, 4) is 0 Å². The lowest BCUT2D eigenvalue weighted by atomic mass is 9.77. The standard InChI is InChI=1S/C30H48N2O7/c1-7-9-10-13-17-38-26(33)19-23(30(3,4)5)27(34)32-20-22(18-24(32)28(35)37-6)31-29(36)39-25-16-12-11-15-21(25)14-8-2/h7-8,21-25H,1-2,9-20H2,3-6H3,(H,31,36)/t21?,22-,23-,24+,25?/m1/s1. The minimum Gasteiger partial charge on any atom is -0.467 e. The molecule has 39 heavy (non-hydrogen) atoms. The number of nitrogens with one attached hydrogen (secondary N) is 1. The third kappa shape index (κ3) is 10.0. The summed E-state index contributed by atoms with van der Waals surface area (Å²) in [6.45, 7) is 13.6. The lowest BCUT2D eigenvalue weighted by Crippen LogP contribution is -2.48. The first-order valence-electron chi connectivity index (χ1n) is 14.2. The van der Waals surface area contributed by atoms with Crippen LogP contribution in [0.15, 0.2) is 25.3 Å². The summed E-state index contributed by atoms with van der Waals surface area (Å²) >= 11 is 0. The first-order chi connectivity index (χ1) is 18.5. The van der Waals surface area contributed by atoms with Crippen LogP contribution >= 0.6 is 0 Å². The first kappa shape index (κ1) is 32.4. The molecule has 0 spiro atoms. The van der Waals surface area contributed by atoms with Gasteiger partial charge in [-0.1, -0.05) is 39.3 Å². The molecule has 1 aliphatic carbocycles. The zero-order valence-corrected chi connectivity index (χ0v) is 24.2. The van der Waals surface area contributed by atoms with Crippen molar-refractivity contribution < 1.29 is 33.4 Å². The monoisotopic (exact) mass is 548 g/mol. The van der Waals surface area contributed by atoms with Crippen LogP contribution in [0.25, 0.3) is 0 Å². The first-order valence-corrected chi connectivity index (χ1v) is 14.2. The van der Waals surface area contributed by atoms with Gasteiger partial charge in [-0.15, -0.1) is 13.2 Å². The van der Waals surface area contributed by atoms with Gasteiger partial charge < -0.3 is 24.4 Å². The highest BCUT2D eigenvalue weighted by molar-refractivity contribution is 5.89. The quantitative estimate of drug-likeness (QED) is 0.150. The molecule has 1 saturated carbocycles. The maximum atomic E-state index is 13.8. The van der Waals surface area contributed by atoms with Crippen LogP contribution in [0.2, 0.25) is 0 Å². The zero-order chi connectivity index (χ0) is 29.0. The van der Waals surface area contributed by atoms with Gasteiger partial charge in [0.1, 0.15) is 12.1 Å². The second-order valence-corrected chi connectivity index (χ2v) is 11.7. The number of nitrogens with zero attached hydrogens (tertiary/aromatic N) is 1. The van der Waals surface area contributed by atoms with E-state index in [2.05, 4.69) is 18.5 Å². The van der Waals surface area contributed by atoms with Crippen molar-refractivity contribution in [3.05, 3.63) is 25.3 Å². The summed E-state index contributed by atoms with van der Waals surface area (Å²) in [5.41, 5.74) is -0.564. The molecule has 0 bridgehead atoms. The molecule has 0 aromatic rings. The number of amides is 2. The second kappa shape index (κ2) is 15.7. The molecule has 2 rings (SSSR count). The van der Waals surface area contributed by atoms with E-state index in [0.29, 0.717) is 0 Å². The highest BCUT2D eigenvalue weighted by atomic mass is 16.6. The normalized spacial score (nSPS) is 23.8. The molecule has 1 heterocycles. The lowest BCUT2D eigenvalue weighted by molar-refractivity contribution is -0.157. The van der Waals surface area contributed by atoms with Gasteiger partial charge in [0.15, 0.2) is 0 Å². The fourth-order valence-corrected chi connectivity index (χ4v) is 5.46. The molecule has 1 aliphatic heterocycles. The van der Waals surface area contributed by atoms with Crippen molar-refractivity contribution in [2.24, 2.45) is 17.3 Å². The molecular weight excluding hydrogens is 500 g/mol. The molecule has 0 aromatic heterocycles. The van der Waals surface area contributed by atoms with E-state index in [1.807, 2.05) is 32.9 Å². The molecule has 9 nitrogen and oxygen atoms in total. The van der Waals surface area contributed by atoms with E-state index in [9.17, 15) is 19.2 Å². The Bertz CT molecular complexity index is 866. The molecule has 5 atom stereocenters. The van der Waals surface area contributed by atoms with Crippen LogP contribution < -0.4 is 5.32 Å². The van der Waals surface area contributed by atoms with Gasteiger partial charge >= 0.3 is 18.0 Å². The Labute approximate surface area is 233 Å². The number of hydrogen-bond acceptors (Lipinski definition) is 7. The summed E-state index contributed by atoms with van der Waals surface area (Å²) in [6, 6.07) is -1.35. The van der Waals surface area contributed by atoms with Crippen LogP contribution in [0.5, 0.6) is 0 Å². The topological polar surface area (TPSA) is 111 Å². The Hall–Kier alpha value is -2.84. The molecular formula is C30H48N2O7. The number of unbranched alkanes of at least 4 members (excludes halogenated alkanes) is 2. The number of hydrogen-bond donors (Lipinski definition) is 1. The number of alkyl carbamates (subject to hydrolysis) is 1. The number of esters is 2. The summed E-state index contributed by atoms with van der Waals surface area (Å²) in [4.78, 5) is 53.3. The van der Waals surface area contributed by atoms with E-state index in [0.717, 1.165) is 51.4 Å². The van der Waals surface area contributed by atoms with Crippen LogP contribution in [0, 0.1) is 17.3 Å².